The Labute approximate surface area is 104 Å². The van der Waals surface area contributed by atoms with E-state index in [9.17, 15) is 14.0 Å². The van der Waals surface area contributed by atoms with E-state index in [0.29, 0.717) is 6.42 Å². The lowest BCUT2D eigenvalue weighted by atomic mass is 9.99. The predicted octanol–water partition coefficient (Wildman–Crippen LogP) is 1.45. The second kappa shape index (κ2) is 6.09. The molecule has 0 saturated heterocycles. The molecule has 2 N–H and O–H groups in total. The van der Waals surface area contributed by atoms with Crippen molar-refractivity contribution < 1.29 is 19.1 Å². The van der Waals surface area contributed by atoms with Crippen LogP contribution >= 0.6 is 0 Å². The van der Waals surface area contributed by atoms with Gasteiger partial charge in [0.25, 0.3) is 5.91 Å². The first-order chi connectivity index (χ1) is 8.45. The van der Waals surface area contributed by atoms with Gasteiger partial charge < -0.3 is 10.4 Å². The molecule has 0 bridgehead atoms. The maximum Gasteiger partial charge on any atom is 0.326 e. The molecule has 0 aromatic carbocycles. The lowest BCUT2D eigenvalue weighted by molar-refractivity contribution is -0.140. The Balaban J connectivity index is 2.78. The van der Waals surface area contributed by atoms with Gasteiger partial charge in [-0.05, 0) is 18.1 Å². The number of nitrogens with zero attached hydrogens (tertiary/aromatic N) is 1. The van der Waals surface area contributed by atoms with Crippen LogP contribution in [0.25, 0.3) is 0 Å². The van der Waals surface area contributed by atoms with Crippen LogP contribution in [0.15, 0.2) is 18.3 Å². The van der Waals surface area contributed by atoms with Crippen LogP contribution in [0.4, 0.5) is 4.39 Å². The van der Waals surface area contributed by atoms with Gasteiger partial charge in [-0.2, -0.15) is 4.39 Å². The van der Waals surface area contributed by atoms with E-state index < -0.39 is 23.9 Å². The van der Waals surface area contributed by atoms with E-state index in [0.717, 1.165) is 12.3 Å². The normalized spacial score (nSPS) is 13.7. The fourth-order valence-electron chi connectivity index (χ4n) is 1.42. The van der Waals surface area contributed by atoms with Gasteiger partial charge in [0.2, 0.25) is 5.95 Å². The van der Waals surface area contributed by atoms with Gasteiger partial charge >= 0.3 is 5.97 Å². The number of hydrogen-bond donors (Lipinski definition) is 2. The molecular weight excluding hydrogens is 239 g/mol. The van der Waals surface area contributed by atoms with Gasteiger partial charge in [-0.15, -0.1) is 0 Å². The highest BCUT2D eigenvalue weighted by atomic mass is 19.1. The summed E-state index contributed by atoms with van der Waals surface area (Å²) in [6, 6.07) is 1.34. The Bertz CT molecular complexity index is 433. The molecule has 5 nitrogen and oxygen atoms in total. The Hall–Kier alpha value is -1.98. The minimum atomic E-state index is -1.09. The molecule has 0 aliphatic heterocycles. The average Bonchev–Trinajstić information content (AvgIpc) is 2.35. The zero-order valence-electron chi connectivity index (χ0n) is 10.2. The summed E-state index contributed by atoms with van der Waals surface area (Å²) >= 11 is 0. The molecule has 0 radical (unpaired) electrons. The van der Waals surface area contributed by atoms with Crippen molar-refractivity contribution in [1.29, 1.82) is 0 Å². The molecule has 1 heterocycles. The molecule has 0 spiro atoms. The minimum Gasteiger partial charge on any atom is -0.480 e. The fourth-order valence-corrected chi connectivity index (χ4v) is 1.42. The van der Waals surface area contributed by atoms with E-state index in [2.05, 4.69) is 10.3 Å². The number of carbonyl (C=O) groups is 2. The fraction of sp³-hybridized carbons (Fsp3) is 0.417. The maximum atomic E-state index is 12.6. The zero-order valence-corrected chi connectivity index (χ0v) is 10.2. The molecule has 98 valence electrons. The second-order valence-corrected chi connectivity index (χ2v) is 4.04. The van der Waals surface area contributed by atoms with E-state index in [4.69, 9.17) is 5.11 Å². The molecule has 2 atom stereocenters. The molecule has 1 aromatic rings. The number of aromatic nitrogens is 1. The van der Waals surface area contributed by atoms with E-state index in [1.165, 1.54) is 6.07 Å². The van der Waals surface area contributed by atoms with Gasteiger partial charge in [0.15, 0.2) is 0 Å². The van der Waals surface area contributed by atoms with Crippen molar-refractivity contribution >= 4 is 11.9 Å². The van der Waals surface area contributed by atoms with Crippen molar-refractivity contribution in [3.05, 3.63) is 29.8 Å². The van der Waals surface area contributed by atoms with Gasteiger partial charge in [0, 0.05) is 6.20 Å². The highest BCUT2D eigenvalue weighted by Crippen LogP contribution is 2.09. The van der Waals surface area contributed by atoms with E-state index >= 15 is 0 Å². The molecule has 2 unspecified atom stereocenters. The van der Waals surface area contributed by atoms with Crippen LogP contribution < -0.4 is 5.32 Å². The monoisotopic (exact) mass is 254 g/mol. The number of rotatable bonds is 5. The molecule has 6 heteroatoms. The van der Waals surface area contributed by atoms with Crippen molar-refractivity contribution in [2.75, 3.05) is 0 Å². The number of hydrogen-bond acceptors (Lipinski definition) is 3. The van der Waals surface area contributed by atoms with Crippen molar-refractivity contribution in [2.24, 2.45) is 5.92 Å². The smallest absolute Gasteiger partial charge is 0.326 e. The lowest BCUT2D eigenvalue weighted by Crippen LogP contribution is -2.45. The number of nitrogens with one attached hydrogen (secondary N) is 1. The third-order valence-electron chi connectivity index (χ3n) is 2.76. The van der Waals surface area contributed by atoms with Crippen LogP contribution in [-0.2, 0) is 4.79 Å². The predicted molar refractivity (Wildman–Crippen MR) is 62.5 cm³/mol. The number of aliphatic carboxylic acids is 1. The van der Waals surface area contributed by atoms with Crippen molar-refractivity contribution in [1.82, 2.24) is 10.3 Å². The zero-order chi connectivity index (χ0) is 13.7. The third kappa shape index (κ3) is 3.51. The largest absolute Gasteiger partial charge is 0.480 e. The quantitative estimate of drug-likeness (QED) is 0.779. The van der Waals surface area contributed by atoms with Crippen LogP contribution in [0.1, 0.15) is 30.6 Å². The number of carbonyl (C=O) groups excluding carboxylic acids is 1. The Morgan fingerprint density at radius 3 is 2.61 bits per heavy atom. The van der Waals surface area contributed by atoms with Crippen LogP contribution in [0, 0.1) is 11.9 Å². The van der Waals surface area contributed by atoms with Gasteiger partial charge in [-0.25, -0.2) is 9.78 Å². The summed E-state index contributed by atoms with van der Waals surface area (Å²) in [5, 5.41) is 11.4. The number of amides is 1. The molecule has 1 amide bonds. The summed E-state index contributed by atoms with van der Waals surface area (Å²) in [5.41, 5.74) is 0.131. The van der Waals surface area contributed by atoms with Crippen LogP contribution in [0.3, 0.4) is 0 Å². The first-order valence-electron chi connectivity index (χ1n) is 5.61. The van der Waals surface area contributed by atoms with Crippen molar-refractivity contribution in [2.45, 2.75) is 26.3 Å². The summed E-state index contributed by atoms with van der Waals surface area (Å²) in [7, 11) is 0. The highest BCUT2D eigenvalue weighted by Gasteiger charge is 2.25. The van der Waals surface area contributed by atoms with Gasteiger partial charge in [0.1, 0.15) is 6.04 Å². The number of carboxylic acid groups (broad SMARTS) is 1. The molecular formula is C12H15FN2O3. The molecule has 18 heavy (non-hydrogen) atoms. The minimum absolute atomic E-state index is 0.131. The Kier molecular flexibility index (Phi) is 4.76. The standard InChI is InChI=1S/C12H15FN2O3/c1-3-7(2)10(12(17)18)15-11(16)8-4-5-9(13)14-6-8/h4-7,10H,3H2,1-2H3,(H,15,16)(H,17,18). The summed E-state index contributed by atoms with van der Waals surface area (Å²) < 4.78 is 12.6. The number of carboxylic acids is 1. The molecule has 0 aliphatic carbocycles. The topological polar surface area (TPSA) is 79.3 Å². The average molecular weight is 254 g/mol. The van der Waals surface area contributed by atoms with Crippen LogP contribution in [0.2, 0.25) is 0 Å². The van der Waals surface area contributed by atoms with E-state index in [-0.39, 0.29) is 11.5 Å². The molecule has 0 saturated carbocycles. The first kappa shape index (κ1) is 14.1. The van der Waals surface area contributed by atoms with Crippen LogP contribution in [0.5, 0.6) is 0 Å². The Morgan fingerprint density at radius 1 is 1.50 bits per heavy atom. The Morgan fingerprint density at radius 2 is 2.17 bits per heavy atom. The van der Waals surface area contributed by atoms with E-state index in [1.807, 2.05) is 6.92 Å². The summed E-state index contributed by atoms with van der Waals surface area (Å²) in [5.74, 6) is -2.55. The molecule has 1 rings (SSSR count). The SMILES string of the molecule is CCC(C)C(NC(=O)c1ccc(F)nc1)C(=O)O. The highest BCUT2D eigenvalue weighted by molar-refractivity contribution is 5.96. The van der Waals surface area contributed by atoms with E-state index in [1.54, 1.807) is 6.92 Å². The molecule has 0 fully saturated rings. The summed E-state index contributed by atoms with van der Waals surface area (Å²) in [4.78, 5) is 26.1. The summed E-state index contributed by atoms with van der Waals surface area (Å²) in [6.07, 6.45) is 1.69. The maximum absolute atomic E-state index is 12.6. The number of pyridine rings is 1. The third-order valence-corrected chi connectivity index (χ3v) is 2.76. The van der Waals surface area contributed by atoms with Crippen molar-refractivity contribution in [3.8, 4) is 0 Å². The summed E-state index contributed by atoms with van der Waals surface area (Å²) in [6.45, 7) is 3.58. The van der Waals surface area contributed by atoms with Gasteiger partial charge in [0.05, 0.1) is 5.56 Å². The lowest BCUT2D eigenvalue weighted by Gasteiger charge is -2.19. The van der Waals surface area contributed by atoms with Crippen LogP contribution in [-0.4, -0.2) is 28.0 Å². The molecule has 1 aromatic heterocycles. The van der Waals surface area contributed by atoms with Gasteiger partial charge in [-0.1, -0.05) is 20.3 Å². The first-order valence-corrected chi connectivity index (χ1v) is 5.61. The number of halogens is 1. The second-order valence-electron chi connectivity index (χ2n) is 4.04. The van der Waals surface area contributed by atoms with Crippen molar-refractivity contribution in [3.63, 3.8) is 0 Å². The van der Waals surface area contributed by atoms with Gasteiger partial charge in [-0.3, -0.25) is 4.79 Å². The molecule has 0 aliphatic rings.